The van der Waals surface area contributed by atoms with Crippen molar-refractivity contribution in [2.24, 2.45) is 5.92 Å². The van der Waals surface area contributed by atoms with Crippen molar-refractivity contribution >= 4 is 5.97 Å². The van der Waals surface area contributed by atoms with E-state index in [0.29, 0.717) is 30.2 Å². The van der Waals surface area contributed by atoms with Crippen LogP contribution in [0.1, 0.15) is 41.1 Å². The van der Waals surface area contributed by atoms with Crippen LogP contribution in [0.2, 0.25) is 0 Å². The maximum Gasteiger partial charge on any atom is 0.307 e. The lowest BCUT2D eigenvalue weighted by molar-refractivity contribution is -0.143. The fourth-order valence-electron chi connectivity index (χ4n) is 4.48. The van der Waals surface area contributed by atoms with Crippen LogP contribution in [-0.4, -0.2) is 50.4 Å². The summed E-state index contributed by atoms with van der Waals surface area (Å²) in [7, 11) is 4.80. The number of carbonyl (C=O) groups is 1. The maximum atomic E-state index is 11.7. The number of carboxylic acids is 1. The first-order valence-corrected chi connectivity index (χ1v) is 10.2. The third kappa shape index (κ3) is 4.54. The highest BCUT2D eigenvalue weighted by Crippen LogP contribution is 2.43. The van der Waals surface area contributed by atoms with Crippen LogP contribution in [-0.2, 0) is 4.79 Å². The highest BCUT2D eigenvalue weighted by molar-refractivity contribution is 5.70. The summed E-state index contributed by atoms with van der Waals surface area (Å²) in [6.07, 6.45) is 1.56. The molecule has 0 bridgehead atoms. The average molecular weight is 414 g/mol. The van der Waals surface area contributed by atoms with E-state index in [1.165, 1.54) is 11.1 Å². The van der Waals surface area contributed by atoms with Gasteiger partial charge in [-0.25, -0.2) is 0 Å². The van der Waals surface area contributed by atoms with Gasteiger partial charge in [-0.15, -0.1) is 0 Å². The Hall–Kier alpha value is -2.73. The Morgan fingerprint density at radius 2 is 1.53 bits per heavy atom. The van der Waals surface area contributed by atoms with Crippen molar-refractivity contribution in [2.75, 3.05) is 34.4 Å². The molecule has 0 radical (unpaired) electrons. The normalized spacial score (nSPS) is 18.0. The van der Waals surface area contributed by atoms with E-state index in [2.05, 4.69) is 36.9 Å². The molecule has 1 aliphatic heterocycles. The zero-order chi connectivity index (χ0) is 21.8. The van der Waals surface area contributed by atoms with Crippen molar-refractivity contribution in [3.63, 3.8) is 0 Å². The van der Waals surface area contributed by atoms with E-state index in [0.717, 1.165) is 24.1 Å². The van der Waals surface area contributed by atoms with E-state index in [9.17, 15) is 9.90 Å². The van der Waals surface area contributed by atoms with Gasteiger partial charge in [0.25, 0.3) is 0 Å². The molecule has 1 fully saturated rings. The van der Waals surface area contributed by atoms with E-state index >= 15 is 0 Å². The summed E-state index contributed by atoms with van der Waals surface area (Å²) in [5.41, 5.74) is 4.47. The molecule has 1 N–H and O–H groups in total. The number of methoxy groups -OCH3 is 3. The van der Waals surface area contributed by atoms with Gasteiger partial charge in [0.15, 0.2) is 11.5 Å². The molecular formula is C24H31NO5. The molecule has 30 heavy (non-hydrogen) atoms. The van der Waals surface area contributed by atoms with E-state index < -0.39 is 5.97 Å². The Morgan fingerprint density at radius 1 is 0.967 bits per heavy atom. The molecule has 0 aromatic heterocycles. The highest BCUT2D eigenvalue weighted by Gasteiger charge is 2.32. The number of rotatable bonds is 7. The van der Waals surface area contributed by atoms with E-state index in [1.807, 2.05) is 12.1 Å². The molecule has 1 saturated heterocycles. The van der Waals surface area contributed by atoms with Crippen LogP contribution in [0.25, 0.3) is 0 Å². The van der Waals surface area contributed by atoms with Crippen LogP contribution in [0.5, 0.6) is 17.2 Å². The summed E-state index contributed by atoms with van der Waals surface area (Å²) >= 11 is 0. The molecule has 0 spiro atoms. The van der Waals surface area contributed by atoms with Gasteiger partial charge in [0.1, 0.15) is 0 Å². The minimum atomic E-state index is -0.733. The van der Waals surface area contributed by atoms with Crippen LogP contribution in [0.15, 0.2) is 30.3 Å². The van der Waals surface area contributed by atoms with Crippen molar-refractivity contribution in [3.05, 3.63) is 52.6 Å². The molecule has 0 saturated carbocycles. The molecule has 2 atom stereocenters. The second-order valence-electron chi connectivity index (χ2n) is 7.95. The van der Waals surface area contributed by atoms with E-state index in [-0.39, 0.29) is 12.0 Å². The zero-order valence-corrected chi connectivity index (χ0v) is 18.4. The van der Waals surface area contributed by atoms with Crippen molar-refractivity contribution in [1.82, 2.24) is 4.90 Å². The van der Waals surface area contributed by atoms with Crippen molar-refractivity contribution in [3.8, 4) is 17.2 Å². The van der Waals surface area contributed by atoms with Crippen LogP contribution < -0.4 is 14.2 Å². The Balaban J connectivity index is 2.15. The molecular weight excluding hydrogens is 382 g/mol. The minimum absolute atomic E-state index is 0.112. The number of carboxylic acid groups (broad SMARTS) is 1. The van der Waals surface area contributed by atoms with Gasteiger partial charge in [-0.05, 0) is 56.5 Å². The molecule has 1 aliphatic rings. The van der Waals surface area contributed by atoms with Gasteiger partial charge in [-0.1, -0.05) is 29.3 Å². The second kappa shape index (κ2) is 9.39. The fraction of sp³-hybridized carbons (Fsp3) is 0.458. The number of benzene rings is 2. The summed E-state index contributed by atoms with van der Waals surface area (Å²) in [5.74, 6) is 0.629. The fourth-order valence-corrected chi connectivity index (χ4v) is 4.48. The molecule has 0 amide bonds. The molecule has 1 heterocycles. The highest BCUT2D eigenvalue weighted by atomic mass is 16.5. The van der Waals surface area contributed by atoms with Crippen molar-refractivity contribution in [2.45, 2.75) is 32.7 Å². The van der Waals surface area contributed by atoms with Crippen LogP contribution in [0.3, 0.4) is 0 Å². The van der Waals surface area contributed by atoms with Crippen molar-refractivity contribution < 1.29 is 24.1 Å². The Kier molecular flexibility index (Phi) is 6.87. The lowest BCUT2D eigenvalue weighted by Crippen LogP contribution is -2.41. The summed E-state index contributed by atoms with van der Waals surface area (Å²) in [6.45, 7) is 5.50. The molecule has 6 nitrogen and oxygen atoms in total. The van der Waals surface area contributed by atoms with Crippen LogP contribution in [0.4, 0.5) is 0 Å². The SMILES string of the molecule is COc1cc(C(c2cc(C)cc(C)c2)N2CCCC(C(=O)O)C2)cc(OC)c1OC. The molecule has 2 aromatic rings. The second-order valence-corrected chi connectivity index (χ2v) is 7.95. The summed E-state index contributed by atoms with van der Waals surface area (Å²) in [6, 6.07) is 10.3. The van der Waals surface area contributed by atoms with Gasteiger partial charge in [-0.3, -0.25) is 9.69 Å². The Labute approximate surface area is 178 Å². The average Bonchev–Trinajstić information content (AvgIpc) is 2.72. The summed E-state index contributed by atoms with van der Waals surface area (Å²) < 4.78 is 16.7. The van der Waals surface area contributed by atoms with Gasteiger partial charge in [0.05, 0.1) is 33.3 Å². The maximum absolute atomic E-state index is 11.7. The van der Waals surface area contributed by atoms with Gasteiger partial charge in [0, 0.05) is 6.54 Å². The Bertz CT molecular complexity index is 865. The number of hydrogen-bond donors (Lipinski definition) is 1. The predicted molar refractivity (Wildman–Crippen MR) is 116 cm³/mol. The number of piperidine rings is 1. The topological polar surface area (TPSA) is 68.2 Å². The first-order valence-electron chi connectivity index (χ1n) is 10.2. The number of aliphatic carboxylic acids is 1. The van der Waals surface area contributed by atoms with E-state index in [1.54, 1.807) is 21.3 Å². The van der Waals surface area contributed by atoms with Crippen LogP contribution in [0, 0.1) is 19.8 Å². The lowest BCUT2D eigenvalue weighted by Gasteiger charge is -2.38. The van der Waals surface area contributed by atoms with Crippen LogP contribution >= 0.6 is 0 Å². The third-order valence-electron chi connectivity index (χ3n) is 5.73. The largest absolute Gasteiger partial charge is 0.493 e. The molecule has 6 heteroatoms. The lowest BCUT2D eigenvalue weighted by atomic mass is 9.90. The Morgan fingerprint density at radius 3 is 2.03 bits per heavy atom. The van der Waals surface area contributed by atoms with E-state index in [4.69, 9.17) is 14.2 Å². The molecule has 162 valence electrons. The molecule has 3 rings (SSSR count). The zero-order valence-electron chi connectivity index (χ0n) is 18.4. The quantitative estimate of drug-likeness (QED) is 0.733. The van der Waals surface area contributed by atoms with Gasteiger partial charge in [0.2, 0.25) is 5.75 Å². The summed E-state index contributed by atoms with van der Waals surface area (Å²) in [5, 5.41) is 9.62. The standard InChI is InChI=1S/C24H31NO5/c1-15-9-16(2)11-18(10-15)22(25-8-6-7-17(14-25)24(26)27)19-12-20(28-3)23(30-5)21(13-19)29-4/h9-13,17,22H,6-8,14H2,1-5H3,(H,26,27). The molecule has 0 aliphatic carbocycles. The number of nitrogens with zero attached hydrogens (tertiary/aromatic N) is 1. The van der Waals surface area contributed by atoms with Gasteiger partial charge < -0.3 is 19.3 Å². The monoisotopic (exact) mass is 413 g/mol. The van der Waals surface area contributed by atoms with Gasteiger partial charge in [-0.2, -0.15) is 0 Å². The predicted octanol–water partition coefficient (Wildman–Crippen LogP) is 4.22. The number of aryl methyl sites for hydroxylation is 2. The minimum Gasteiger partial charge on any atom is -0.493 e. The first-order chi connectivity index (χ1) is 14.4. The molecule has 2 unspecified atom stereocenters. The smallest absolute Gasteiger partial charge is 0.307 e. The summed E-state index contributed by atoms with van der Waals surface area (Å²) in [4.78, 5) is 14.0. The third-order valence-corrected chi connectivity index (χ3v) is 5.73. The number of likely N-dealkylation sites (tertiary alicyclic amines) is 1. The molecule has 2 aromatic carbocycles. The van der Waals surface area contributed by atoms with Gasteiger partial charge >= 0.3 is 5.97 Å². The number of hydrogen-bond acceptors (Lipinski definition) is 5. The van der Waals surface area contributed by atoms with Crippen molar-refractivity contribution in [1.29, 1.82) is 0 Å². The number of ether oxygens (including phenoxy) is 3. The first kappa shape index (κ1) is 22.0.